The van der Waals surface area contributed by atoms with E-state index in [0.29, 0.717) is 19.5 Å². The normalized spacial score (nSPS) is 18.7. The lowest BCUT2D eigenvalue weighted by molar-refractivity contribution is -0.128. The zero-order chi connectivity index (χ0) is 18.4. The number of hydrogen-bond acceptors (Lipinski definition) is 5. The Morgan fingerprint density at radius 3 is 2.60 bits per heavy atom. The molecule has 9 heteroatoms. The van der Waals surface area contributed by atoms with E-state index in [1.54, 1.807) is 0 Å². The van der Waals surface area contributed by atoms with Crippen molar-refractivity contribution in [3.63, 3.8) is 0 Å². The van der Waals surface area contributed by atoms with E-state index in [2.05, 4.69) is 5.32 Å². The van der Waals surface area contributed by atoms with E-state index in [4.69, 9.17) is 5.73 Å². The number of halogens is 1. The average molecular weight is 371 g/mol. The second kappa shape index (κ2) is 8.39. The molecule has 0 spiro atoms. The highest BCUT2D eigenvalue weighted by atomic mass is 32.2. The van der Waals surface area contributed by atoms with Gasteiger partial charge in [-0.25, -0.2) is 12.8 Å². The number of primary amides is 1. The molecule has 2 amide bonds. The number of rotatable bonds is 7. The number of sulfone groups is 1. The van der Waals surface area contributed by atoms with Gasteiger partial charge in [0.05, 0.1) is 23.1 Å². The quantitative estimate of drug-likeness (QED) is 0.651. The van der Waals surface area contributed by atoms with Gasteiger partial charge in [-0.15, -0.1) is 0 Å². The largest absolute Gasteiger partial charge is 0.369 e. The Balaban J connectivity index is 1.83. The Hall–Kier alpha value is -2.00. The minimum Gasteiger partial charge on any atom is -0.369 e. The third-order valence-corrected chi connectivity index (χ3v) is 5.83. The molecule has 25 heavy (non-hydrogen) atoms. The number of hydrogen-bond donors (Lipinski definition) is 2. The van der Waals surface area contributed by atoms with Crippen molar-refractivity contribution in [1.29, 1.82) is 0 Å². The van der Waals surface area contributed by atoms with E-state index >= 15 is 0 Å². The Labute approximate surface area is 146 Å². The monoisotopic (exact) mass is 371 g/mol. The van der Waals surface area contributed by atoms with Gasteiger partial charge in [0.25, 0.3) is 0 Å². The third-order valence-electron chi connectivity index (χ3n) is 4.10. The fourth-order valence-electron chi connectivity index (χ4n) is 2.85. The van der Waals surface area contributed by atoms with Crippen LogP contribution in [0.5, 0.6) is 0 Å². The summed E-state index contributed by atoms with van der Waals surface area (Å²) in [5, 5.41) is 2.63. The summed E-state index contributed by atoms with van der Waals surface area (Å²) in [5.41, 5.74) is 5.17. The van der Waals surface area contributed by atoms with Gasteiger partial charge in [0, 0.05) is 13.1 Å². The number of carbonyl (C=O) groups excluding carboxylic acids is 2. The first-order valence-electron chi connectivity index (χ1n) is 8.04. The third kappa shape index (κ3) is 5.79. The van der Waals surface area contributed by atoms with E-state index < -0.39 is 21.6 Å². The molecule has 1 aliphatic rings. The highest BCUT2D eigenvalue weighted by Crippen LogP contribution is 2.16. The highest BCUT2D eigenvalue weighted by molar-refractivity contribution is 7.91. The Morgan fingerprint density at radius 1 is 1.28 bits per heavy atom. The summed E-state index contributed by atoms with van der Waals surface area (Å²) < 4.78 is 37.1. The fourth-order valence-corrected chi connectivity index (χ4v) is 4.00. The summed E-state index contributed by atoms with van der Waals surface area (Å²) in [7, 11) is -3.58. The lowest BCUT2D eigenvalue weighted by Gasteiger charge is -2.30. The second-order valence-electron chi connectivity index (χ2n) is 6.10. The van der Waals surface area contributed by atoms with Crippen molar-refractivity contribution >= 4 is 21.7 Å². The van der Waals surface area contributed by atoms with Crippen LogP contribution in [0.2, 0.25) is 0 Å². The van der Waals surface area contributed by atoms with Crippen LogP contribution in [0.4, 0.5) is 4.39 Å². The minimum absolute atomic E-state index is 0.0217. The van der Waals surface area contributed by atoms with E-state index in [1.807, 2.05) is 4.90 Å². The maximum absolute atomic E-state index is 12.9. The number of nitrogens with zero attached hydrogens (tertiary/aromatic N) is 1. The van der Waals surface area contributed by atoms with Crippen molar-refractivity contribution in [3.05, 3.63) is 30.1 Å². The molecular weight excluding hydrogens is 349 g/mol. The van der Waals surface area contributed by atoms with Gasteiger partial charge in [0.2, 0.25) is 11.8 Å². The number of carbonyl (C=O) groups is 2. The van der Waals surface area contributed by atoms with Gasteiger partial charge >= 0.3 is 0 Å². The van der Waals surface area contributed by atoms with Crippen LogP contribution in [0, 0.1) is 11.7 Å². The predicted octanol–water partition coefficient (Wildman–Crippen LogP) is -0.0871. The molecule has 0 aliphatic carbocycles. The molecule has 1 heterocycles. The van der Waals surface area contributed by atoms with Crippen molar-refractivity contribution in [2.45, 2.75) is 17.7 Å². The Kier molecular flexibility index (Phi) is 6.49. The number of likely N-dealkylation sites (tertiary alicyclic amines) is 1. The van der Waals surface area contributed by atoms with Crippen LogP contribution in [0.25, 0.3) is 0 Å². The lowest BCUT2D eigenvalue weighted by Crippen LogP contribution is -2.46. The van der Waals surface area contributed by atoms with Crippen LogP contribution in [0.15, 0.2) is 29.2 Å². The topological polar surface area (TPSA) is 110 Å². The molecule has 0 radical (unpaired) electrons. The lowest BCUT2D eigenvalue weighted by atomic mass is 9.97. The van der Waals surface area contributed by atoms with Crippen LogP contribution in [0.1, 0.15) is 12.8 Å². The molecule has 0 aromatic heterocycles. The zero-order valence-electron chi connectivity index (χ0n) is 13.8. The van der Waals surface area contributed by atoms with E-state index in [-0.39, 0.29) is 35.6 Å². The Morgan fingerprint density at radius 2 is 1.96 bits per heavy atom. The molecule has 1 atom stereocenters. The van der Waals surface area contributed by atoms with Crippen molar-refractivity contribution < 1.29 is 22.4 Å². The first kappa shape index (κ1) is 19.3. The fraction of sp³-hybridized carbons (Fsp3) is 0.500. The van der Waals surface area contributed by atoms with Gasteiger partial charge in [-0.3, -0.25) is 14.5 Å². The minimum atomic E-state index is -3.58. The average Bonchev–Trinajstić information content (AvgIpc) is 2.54. The number of benzene rings is 1. The molecule has 1 saturated heterocycles. The first-order chi connectivity index (χ1) is 11.8. The maximum Gasteiger partial charge on any atom is 0.231 e. The van der Waals surface area contributed by atoms with Crippen molar-refractivity contribution in [2.24, 2.45) is 11.7 Å². The number of piperidine rings is 1. The van der Waals surface area contributed by atoms with Crippen molar-refractivity contribution in [2.75, 3.05) is 31.9 Å². The molecule has 1 aliphatic heterocycles. The van der Waals surface area contributed by atoms with E-state index in [1.165, 1.54) is 12.1 Å². The summed E-state index contributed by atoms with van der Waals surface area (Å²) in [5.74, 6) is -1.73. The molecule has 138 valence electrons. The summed E-state index contributed by atoms with van der Waals surface area (Å²) in [6.07, 6.45) is 1.46. The molecule has 0 saturated carbocycles. The predicted molar refractivity (Wildman–Crippen MR) is 89.8 cm³/mol. The summed E-state index contributed by atoms with van der Waals surface area (Å²) >= 11 is 0. The van der Waals surface area contributed by atoms with Crippen LogP contribution in [-0.2, 0) is 19.4 Å². The van der Waals surface area contributed by atoms with Gasteiger partial charge in [-0.2, -0.15) is 0 Å². The molecule has 1 aromatic rings. The SMILES string of the molecule is NC(=O)CN1CCC[C@@H](C(=O)NCCS(=O)(=O)c2ccc(F)cc2)C1. The van der Waals surface area contributed by atoms with E-state index in [9.17, 15) is 22.4 Å². The molecule has 1 aromatic carbocycles. The smallest absolute Gasteiger partial charge is 0.231 e. The number of nitrogens with one attached hydrogen (secondary N) is 1. The van der Waals surface area contributed by atoms with Crippen LogP contribution in [0.3, 0.4) is 0 Å². The molecule has 0 unspecified atom stereocenters. The molecule has 2 rings (SSSR count). The molecule has 1 fully saturated rings. The summed E-state index contributed by atoms with van der Waals surface area (Å²) in [6, 6.07) is 4.58. The summed E-state index contributed by atoms with van der Waals surface area (Å²) in [6.45, 7) is 1.23. The van der Waals surface area contributed by atoms with Crippen LogP contribution in [-0.4, -0.2) is 57.1 Å². The molecule has 7 nitrogen and oxygen atoms in total. The van der Waals surface area contributed by atoms with Gasteiger partial charge in [-0.05, 0) is 43.7 Å². The van der Waals surface area contributed by atoms with Crippen molar-refractivity contribution in [3.8, 4) is 0 Å². The van der Waals surface area contributed by atoms with E-state index in [0.717, 1.165) is 18.6 Å². The first-order valence-corrected chi connectivity index (χ1v) is 9.70. The van der Waals surface area contributed by atoms with Crippen LogP contribution < -0.4 is 11.1 Å². The Bertz CT molecular complexity index is 721. The molecular formula is C16H22FN3O4S. The number of nitrogens with two attached hydrogens (primary N) is 1. The molecule has 0 bridgehead atoms. The molecule has 3 N–H and O–H groups in total. The van der Waals surface area contributed by atoms with Gasteiger partial charge in [0.15, 0.2) is 9.84 Å². The summed E-state index contributed by atoms with van der Waals surface area (Å²) in [4.78, 5) is 25.0. The highest BCUT2D eigenvalue weighted by Gasteiger charge is 2.26. The maximum atomic E-state index is 12.9. The second-order valence-corrected chi connectivity index (χ2v) is 8.21. The standard InChI is InChI=1S/C16H22FN3O4S/c17-13-3-5-14(6-4-13)25(23,24)9-7-19-16(22)12-2-1-8-20(10-12)11-15(18)21/h3-6,12H,1-2,7-11H2,(H2,18,21)(H,19,22)/t12-/m1/s1. The van der Waals surface area contributed by atoms with Crippen molar-refractivity contribution in [1.82, 2.24) is 10.2 Å². The number of amides is 2. The van der Waals surface area contributed by atoms with Gasteiger partial charge < -0.3 is 11.1 Å². The van der Waals surface area contributed by atoms with Gasteiger partial charge in [-0.1, -0.05) is 0 Å². The van der Waals surface area contributed by atoms with Crippen LogP contribution >= 0.6 is 0 Å². The van der Waals surface area contributed by atoms with Gasteiger partial charge in [0.1, 0.15) is 5.82 Å². The zero-order valence-corrected chi connectivity index (χ0v) is 14.6.